The first-order valence-corrected chi connectivity index (χ1v) is 6.04. The molecule has 1 aromatic rings. The minimum Gasteiger partial charge on any atom is -0.508 e. The molecule has 1 amide bonds. The van der Waals surface area contributed by atoms with Gasteiger partial charge in [0.1, 0.15) is 12.4 Å². The molecular formula is C14H20ClNO3. The lowest BCUT2D eigenvalue weighted by Gasteiger charge is -2.39. The van der Waals surface area contributed by atoms with Crippen LogP contribution in [0.15, 0.2) is 12.1 Å². The van der Waals surface area contributed by atoms with Crippen LogP contribution in [0.3, 0.4) is 0 Å². The van der Waals surface area contributed by atoms with Crippen LogP contribution < -0.4 is 5.32 Å². The summed E-state index contributed by atoms with van der Waals surface area (Å²) in [4.78, 5) is 11.4. The van der Waals surface area contributed by atoms with Gasteiger partial charge in [0.05, 0.1) is 6.04 Å². The summed E-state index contributed by atoms with van der Waals surface area (Å²) in [5.74, 6) is 0.255. The second-order valence-electron chi connectivity index (χ2n) is 5.64. The van der Waals surface area contributed by atoms with Crippen LogP contribution in [0, 0.1) is 19.3 Å². The number of phenolic OH excluding ortho intramolecular Hbond substituents is 1. The molecule has 0 spiro atoms. The van der Waals surface area contributed by atoms with E-state index in [0.29, 0.717) is 6.61 Å². The van der Waals surface area contributed by atoms with E-state index in [1.807, 2.05) is 13.8 Å². The van der Waals surface area contributed by atoms with Gasteiger partial charge >= 0.3 is 6.09 Å². The maximum atomic E-state index is 11.4. The number of phenols is 1. The van der Waals surface area contributed by atoms with Gasteiger partial charge in [0.25, 0.3) is 0 Å². The van der Waals surface area contributed by atoms with Gasteiger partial charge in [0, 0.05) is 5.41 Å². The third kappa shape index (κ3) is 2.95. The molecule has 1 saturated heterocycles. The number of rotatable bonds is 1. The number of carbonyl (C=O) groups is 1. The van der Waals surface area contributed by atoms with Crippen LogP contribution in [0.25, 0.3) is 0 Å². The molecule has 4 nitrogen and oxygen atoms in total. The molecule has 5 heteroatoms. The van der Waals surface area contributed by atoms with E-state index in [1.54, 1.807) is 12.1 Å². The van der Waals surface area contributed by atoms with Crippen molar-refractivity contribution in [2.75, 3.05) is 6.61 Å². The number of alkyl carbamates (subject to hydrolysis) is 1. The van der Waals surface area contributed by atoms with Crippen LogP contribution in [-0.4, -0.2) is 17.8 Å². The molecule has 19 heavy (non-hydrogen) atoms. The number of aromatic hydroxyl groups is 1. The maximum absolute atomic E-state index is 11.4. The van der Waals surface area contributed by atoms with Crippen molar-refractivity contribution in [2.45, 2.75) is 33.7 Å². The van der Waals surface area contributed by atoms with Crippen molar-refractivity contribution in [1.82, 2.24) is 5.32 Å². The van der Waals surface area contributed by atoms with Gasteiger partial charge in [-0.3, -0.25) is 0 Å². The molecule has 0 saturated carbocycles. The number of halogens is 1. The SMILES string of the molecule is Cc1cc(O)cc(C)c1[C@H]1NC(=O)OCC1(C)C.Cl. The Balaban J connectivity index is 0.00000180. The van der Waals surface area contributed by atoms with Crippen molar-refractivity contribution in [2.24, 2.45) is 5.41 Å². The fraction of sp³-hybridized carbons (Fsp3) is 0.500. The molecule has 1 aliphatic rings. The summed E-state index contributed by atoms with van der Waals surface area (Å²) in [6, 6.07) is 3.35. The van der Waals surface area contributed by atoms with Gasteiger partial charge < -0.3 is 15.2 Å². The van der Waals surface area contributed by atoms with Crippen molar-refractivity contribution in [3.8, 4) is 5.75 Å². The van der Waals surface area contributed by atoms with Crippen LogP contribution in [0.5, 0.6) is 5.75 Å². The van der Waals surface area contributed by atoms with Gasteiger partial charge in [-0.2, -0.15) is 0 Å². The van der Waals surface area contributed by atoms with Crippen LogP contribution >= 0.6 is 12.4 Å². The number of carbonyl (C=O) groups excluding carboxylic acids is 1. The molecule has 0 radical (unpaired) electrons. The summed E-state index contributed by atoms with van der Waals surface area (Å²) in [6.07, 6.45) is -0.383. The number of nitrogens with one attached hydrogen (secondary N) is 1. The van der Waals surface area contributed by atoms with Crippen molar-refractivity contribution in [3.05, 3.63) is 28.8 Å². The van der Waals surface area contributed by atoms with Crippen molar-refractivity contribution >= 4 is 18.5 Å². The molecule has 2 rings (SSSR count). The number of hydrogen-bond acceptors (Lipinski definition) is 3. The Morgan fingerprint density at radius 2 is 1.84 bits per heavy atom. The van der Waals surface area contributed by atoms with Gasteiger partial charge in [-0.25, -0.2) is 4.79 Å². The normalized spacial score (nSPS) is 21.1. The van der Waals surface area contributed by atoms with Crippen LogP contribution in [0.1, 0.15) is 36.6 Å². The lowest BCUT2D eigenvalue weighted by Crippen LogP contribution is -2.47. The second-order valence-corrected chi connectivity index (χ2v) is 5.64. The molecule has 1 aromatic carbocycles. The highest BCUT2D eigenvalue weighted by atomic mass is 35.5. The quantitative estimate of drug-likeness (QED) is 0.833. The molecule has 1 atom stereocenters. The highest BCUT2D eigenvalue weighted by Crippen LogP contribution is 2.40. The standard InChI is InChI=1S/C14H19NO3.ClH/c1-8-5-10(16)6-9(2)11(8)12-14(3,4)7-18-13(17)15-12;/h5-6,12,16H,7H2,1-4H3,(H,15,17);1H/t12-;/m1./s1. The lowest BCUT2D eigenvalue weighted by atomic mass is 9.77. The number of amides is 1. The Morgan fingerprint density at radius 3 is 2.37 bits per heavy atom. The molecule has 0 unspecified atom stereocenters. The minimum absolute atomic E-state index is 0. The van der Waals surface area contributed by atoms with Gasteiger partial charge in [-0.1, -0.05) is 13.8 Å². The van der Waals surface area contributed by atoms with Crippen LogP contribution in [0.2, 0.25) is 0 Å². The lowest BCUT2D eigenvalue weighted by molar-refractivity contribution is 0.0384. The first kappa shape index (κ1) is 15.6. The number of benzene rings is 1. The second kappa shape index (κ2) is 5.29. The Bertz CT molecular complexity index is 476. The average Bonchev–Trinajstić information content (AvgIpc) is 2.22. The number of ether oxygens (including phenoxy) is 1. The molecule has 1 heterocycles. The zero-order chi connectivity index (χ0) is 13.5. The molecule has 0 bridgehead atoms. The zero-order valence-corrected chi connectivity index (χ0v) is 12.4. The minimum atomic E-state index is -0.383. The summed E-state index contributed by atoms with van der Waals surface area (Å²) >= 11 is 0. The fourth-order valence-electron chi connectivity index (χ4n) is 2.56. The van der Waals surface area contributed by atoms with E-state index >= 15 is 0 Å². The Labute approximate surface area is 119 Å². The van der Waals surface area contributed by atoms with Crippen molar-refractivity contribution in [1.29, 1.82) is 0 Å². The smallest absolute Gasteiger partial charge is 0.407 e. The first-order valence-electron chi connectivity index (χ1n) is 6.04. The van der Waals surface area contributed by atoms with E-state index in [-0.39, 0.29) is 35.7 Å². The predicted octanol–water partition coefficient (Wildman–Crippen LogP) is 3.24. The number of aryl methyl sites for hydroxylation is 2. The number of cyclic esters (lactones) is 1. The third-order valence-corrected chi connectivity index (χ3v) is 3.49. The summed E-state index contributed by atoms with van der Waals surface area (Å²) < 4.78 is 5.05. The fourth-order valence-corrected chi connectivity index (χ4v) is 2.56. The Kier molecular flexibility index (Phi) is 4.35. The van der Waals surface area contributed by atoms with Crippen LogP contribution in [0.4, 0.5) is 4.79 Å². The van der Waals surface area contributed by atoms with E-state index in [0.717, 1.165) is 16.7 Å². The maximum Gasteiger partial charge on any atom is 0.407 e. The van der Waals surface area contributed by atoms with Gasteiger partial charge in [-0.05, 0) is 42.7 Å². The zero-order valence-electron chi connectivity index (χ0n) is 11.6. The predicted molar refractivity (Wildman–Crippen MR) is 75.8 cm³/mol. The Morgan fingerprint density at radius 1 is 1.32 bits per heavy atom. The van der Waals surface area contributed by atoms with Crippen molar-refractivity contribution in [3.63, 3.8) is 0 Å². The highest BCUT2D eigenvalue weighted by molar-refractivity contribution is 5.85. The third-order valence-electron chi connectivity index (χ3n) is 3.49. The molecular weight excluding hydrogens is 266 g/mol. The summed E-state index contributed by atoms with van der Waals surface area (Å²) in [5.41, 5.74) is 2.84. The monoisotopic (exact) mass is 285 g/mol. The van der Waals surface area contributed by atoms with E-state index < -0.39 is 0 Å². The summed E-state index contributed by atoms with van der Waals surface area (Å²) in [6.45, 7) is 8.40. The first-order chi connectivity index (χ1) is 8.31. The molecule has 1 aliphatic heterocycles. The molecule has 106 valence electrons. The van der Waals surface area contributed by atoms with E-state index in [1.165, 1.54) is 0 Å². The topological polar surface area (TPSA) is 58.6 Å². The molecule has 2 N–H and O–H groups in total. The molecule has 0 aromatic heterocycles. The molecule has 0 aliphatic carbocycles. The van der Waals surface area contributed by atoms with Gasteiger partial charge in [0.2, 0.25) is 0 Å². The number of hydrogen-bond donors (Lipinski definition) is 2. The van der Waals surface area contributed by atoms with E-state index in [2.05, 4.69) is 19.2 Å². The molecule has 1 fully saturated rings. The van der Waals surface area contributed by atoms with E-state index in [4.69, 9.17) is 4.74 Å². The largest absolute Gasteiger partial charge is 0.508 e. The Hall–Kier alpha value is -1.42. The van der Waals surface area contributed by atoms with E-state index in [9.17, 15) is 9.90 Å². The van der Waals surface area contributed by atoms with Gasteiger partial charge in [-0.15, -0.1) is 12.4 Å². The van der Waals surface area contributed by atoms with Crippen molar-refractivity contribution < 1.29 is 14.6 Å². The van der Waals surface area contributed by atoms with Gasteiger partial charge in [0.15, 0.2) is 0 Å². The van der Waals surface area contributed by atoms with Crippen LogP contribution in [-0.2, 0) is 4.74 Å². The average molecular weight is 286 g/mol. The summed E-state index contributed by atoms with van der Waals surface area (Å²) in [5, 5.41) is 12.5. The highest BCUT2D eigenvalue weighted by Gasteiger charge is 2.39. The summed E-state index contributed by atoms with van der Waals surface area (Å²) in [7, 11) is 0.